The van der Waals surface area contributed by atoms with E-state index in [-0.39, 0.29) is 18.9 Å². The number of amides is 1. The van der Waals surface area contributed by atoms with Gasteiger partial charge in [0.25, 0.3) is 0 Å². The fraction of sp³-hybridized carbons (Fsp3) is 0.222. The second-order valence-corrected chi connectivity index (χ2v) is 5.89. The second kappa shape index (κ2) is 6.93. The SMILES string of the molecule is COc1ccccc1OC(=O)[C@H]1CC(=O)N(c2cccc(Cl)c2)C1. The largest absolute Gasteiger partial charge is 0.493 e. The predicted octanol–water partition coefficient (Wildman–Crippen LogP) is 3.31. The molecule has 5 nitrogen and oxygen atoms in total. The van der Waals surface area contributed by atoms with E-state index in [2.05, 4.69) is 0 Å². The number of anilines is 1. The highest BCUT2D eigenvalue weighted by molar-refractivity contribution is 6.30. The monoisotopic (exact) mass is 345 g/mol. The van der Waals surface area contributed by atoms with Crippen LogP contribution in [0.1, 0.15) is 6.42 Å². The zero-order valence-corrected chi connectivity index (χ0v) is 13.8. The van der Waals surface area contributed by atoms with Crippen molar-refractivity contribution in [3.8, 4) is 11.5 Å². The molecule has 1 aliphatic heterocycles. The summed E-state index contributed by atoms with van der Waals surface area (Å²) in [6, 6.07) is 13.9. The fourth-order valence-electron chi connectivity index (χ4n) is 2.65. The Balaban J connectivity index is 1.72. The summed E-state index contributed by atoms with van der Waals surface area (Å²) in [7, 11) is 1.51. The first kappa shape index (κ1) is 16.3. The average Bonchev–Trinajstić information content (AvgIpc) is 2.97. The van der Waals surface area contributed by atoms with E-state index in [9.17, 15) is 9.59 Å². The number of ether oxygens (including phenoxy) is 2. The molecule has 1 atom stereocenters. The van der Waals surface area contributed by atoms with E-state index in [1.807, 2.05) is 0 Å². The van der Waals surface area contributed by atoms with Gasteiger partial charge in [-0.15, -0.1) is 0 Å². The van der Waals surface area contributed by atoms with Gasteiger partial charge in [0.05, 0.1) is 13.0 Å². The van der Waals surface area contributed by atoms with Gasteiger partial charge in [0.1, 0.15) is 0 Å². The van der Waals surface area contributed by atoms with Gasteiger partial charge < -0.3 is 14.4 Å². The Morgan fingerprint density at radius 2 is 1.92 bits per heavy atom. The first-order valence-electron chi connectivity index (χ1n) is 7.49. The van der Waals surface area contributed by atoms with E-state index in [0.29, 0.717) is 22.2 Å². The third kappa shape index (κ3) is 3.36. The van der Waals surface area contributed by atoms with E-state index < -0.39 is 11.9 Å². The number of nitrogens with zero attached hydrogens (tertiary/aromatic N) is 1. The van der Waals surface area contributed by atoms with Crippen molar-refractivity contribution in [2.75, 3.05) is 18.6 Å². The Bertz CT molecular complexity index is 777. The quantitative estimate of drug-likeness (QED) is 0.630. The maximum atomic E-state index is 12.4. The van der Waals surface area contributed by atoms with Gasteiger partial charge in [-0.3, -0.25) is 9.59 Å². The van der Waals surface area contributed by atoms with Gasteiger partial charge >= 0.3 is 5.97 Å². The highest BCUT2D eigenvalue weighted by Crippen LogP contribution is 2.30. The molecule has 1 heterocycles. The number of benzene rings is 2. The van der Waals surface area contributed by atoms with Crippen LogP contribution >= 0.6 is 11.6 Å². The minimum atomic E-state index is -0.526. The smallest absolute Gasteiger partial charge is 0.316 e. The maximum Gasteiger partial charge on any atom is 0.316 e. The molecule has 1 amide bonds. The van der Waals surface area contributed by atoms with Gasteiger partial charge in [-0.25, -0.2) is 0 Å². The number of methoxy groups -OCH3 is 1. The molecular formula is C18H16ClNO4. The van der Waals surface area contributed by atoms with Crippen molar-refractivity contribution in [2.45, 2.75) is 6.42 Å². The molecule has 0 unspecified atom stereocenters. The van der Waals surface area contributed by atoms with E-state index in [1.165, 1.54) is 7.11 Å². The van der Waals surface area contributed by atoms with Crippen LogP contribution in [0, 0.1) is 5.92 Å². The van der Waals surface area contributed by atoms with E-state index in [1.54, 1.807) is 53.4 Å². The van der Waals surface area contributed by atoms with Crippen LogP contribution < -0.4 is 14.4 Å². The second-order valence-electron chi connectivity index (χ2n) is 5.46. The third-order valence-corrected chi connectivity index (χ3v) is 4.09. The van der Waals surface area contributed by atoms with Gasteiger partial charge in [0.2, 0.25) is 5.91 Å². The Morgan fingerprint density at radius 1 is 1.17 bits per heavy atom. The molecular weight excluding hydrogens is 330 g/mol. The van der Waals surface area contributed by atoms with E-state index in [0.717, 1.165) is 0 Å². The molecule has 1 saturated heterocycles. The summed E-state index contributed by atoms with van der Waals surface area (Å²) >= 11 is 5.97. The number of esters is 1. The van der Waals surface area contributed by atoms with Gasteiger partial charge in [0, 0.05) is 23.7 Å². The molecule has 0 saturated carbocycles. The predicted molar refractivity (Wildman–Crippen MR) is 90.5 cm³/mol. The van der Waals surface area contributed by atoms with E-state index >= 15 is 0 Å². The van der Waals surface area contributed by atoms with Crippen LogP contribution in [0.3, 0.4) is 0 Å². The highest BCUT2D eigenvalue weighted by Gasteiger charge is 2.36. The summed E-state index contributed by atoms with van der Waals surface area (Å²) in [5, 5.41) is 0.542. The highest BCUT2D eigenvalue weighted by atomic mass is 35.5. The number of para-hydroxylation sites is 2. The average molecular weight is 346 g/mol. The molecule has 1 fully saturated rings. The number of carbonyl (C=O) groups excluding carboxylic acids is 2. The third-order valence-electron chi connectivity index (χ3n) is 3.86. The number of rotatable bonds is 4. The summed E-state index contributed by atoms with van der Waals surface area (Å²) in [6.45, 7) is 0.271. The van der Waals surface area contributed by atoms with Gasteiger partial charge in [0.15, 0.2) is 11.5 Å². The normalized spacial score (nSPS) is 17.0. The summed E-state index contributed by atoms with van der Waals surface area (Å²) < 4.78 is 10.6. The Labute approximate surface area is 144 Å². The number of carbonyl (C=O) groups is 2. The summed E-state index contributed by atoms with van der Waals surface area (Å²) in [4.78, 5) is 26.2. The molecule has 124 valence electrons. The Hall–Kier alpha value is -2.53. The van der Waals surface area contributed by atoms with Crippen LogP contribution in [-0.4, -0.2) is 25.5 Å². The lowest BCUT2D eigenvalue weighted by atomic mass is 10.1. The molecule has 0 aromatic heterocycles. The van der Waals surface area contributed by atoms with Crippen LogP contribution in [0.4, 0.5) is 5.69 Å². The first-order valence-corrected chi connectivity index (χ1v) is 7.87. The van der Waals surface area contributed by atoms with Crippen molar-refractivity contribution in [1.29, 1.82) is 0 Å². The summed E-state index contributed by atoms with van der Waals surface area (Å²) in [5.74, 6) is -0.279. The van der Waals surface area contributed by atoms with Crippen molar-refractivity contribution in [3.05, 3.63) is 53.6 Å². The molecule has 1 aliphatic rings. The lowest BCUT2D eigenvalue weighted by Gasteiger charge is -2.17. The molecule has 0 radical (unpaired) electrons. The molecule has 0 aliphatic carbocycles. The lowest BCUT2D eigenvalue weighted by Crippen LogP contribution is -2.27. The number of hydrogen-bond donors (Lipinski definition) is 0. The van der Waals surface area contributed by atoms with Crippen molar-refractivity contribution < 1.29 is 19.1 Å². The molecule has 2 aromatic carbocycles. The van der Waals surface area contributed by atoms with Crippen molar-refractivity contribution in [1.82, 2.24) is 0 Å². The standard InChI is InChI=1S/C18H16ClNO4/c1-23-15-7-2-3-8-16(15)24-18(22)12-9-17(21)20(11-12)14-6-4-5-13(19)10-14/h2-8,10,12H,9,11H2,1H3/t12-/m0/s1. The van der Waals surface area contributed by atoms with Crippen LogP contribution in [0.2, 0.25) is 5.02 Å². The van der Waals surface area contributed by atoms with Gasteiger partial charge in [-0.2, -0.15) is 0 Å². The number of hydrogen-bond acceptors (Lipinski definition) is 4. The van der Waals surface area contributed by atoms with Crippen molar-refractivity contribution in [2.24, 2.45) is 5.92 Å². The van der Waals surface area contributed by atoms with Gasteiger partial charge in [-0.1, -0.05) is 29.8 Å². The van der Waals surface area contributed by atoms with Crippen LogP contribution in [0.15, 0.2) is 48.5 Å². The van der Waals surface area contributed by atoms with Crippen LogP contribution in [0.5, 0.6) is 11.5 Å². The Kier molecular flexibility index (Phi) is 4.71. The molecule has 0 spiro atoms. The first-order chi connectivity index (χ1) is 11.6. The Morgan fingerprint density at radius 3 is 2.62 bits per heavy atom. The lowest BCUT2D eigenvalue weighted by molar-refractivity contribution is -0.139. The molecule has 24 heavy (non-hydrogen) atoms. The van der Waals surface area contributed by atoms with E-state index in [4.69, 9.17) is 21.1 Å². The molecule has 3 rings (SSSR count). The minimum absolute atomic E-state index is 0.112. The van der Waals surface area contributed by atoms with Gasteiger partial charge in [-0.05, 0) is 30.3 Å². The molecule has 6 heteroatoms. The molecule has 0 N–H and O–H groups in total. The van der Waals surface area contributed by atoms with Crippen LogP contribution in [-0.2, 0) is 9.59 Å². The van der Waals surface area contributed by atoms with Crippen LogP contribution in [0.25, 0.3) is 0 Å². The van der Waals surface area contributed by atoms with Crippen molar-refractivity contribution >= 4 is 29.2 Å². The summed E-state index contributed by atoms with van der Waals surface area (Å²) in [5.41, 5.74) is 0.681. The fourth-order valence-corrected chi connectivity index (χ4v) is 2.84. The minimum Gasteiger partial charge on any atom is -0.493 e. The summed E-state index contributed by atoms with van der Waals surface area (Å²) in [6.07, 6.45) is 0.112. The van der Waals surface area contributed by atoms with Crippen molar-refractivity contribution in [3.63, 3.8) is 0 Å². The number of halogens is 1. The zero-order valence-electron chi connectivity index (χ0n) is 13.1. The molecule has 0 bridgehead atoms. The molecule has 2 aromatic rings. The maximum absolute atomic E-state index is 12.4. The topological polar surface area (TPSA) is 55.8 Å². The zero-order chi connectivity index (χ0) is 17.1.